The molecular formula is C28H42N2O3S. The van der Waals surface area contributed by atoms with Gasteiger partial charge in [-0.3, -0.25) is 4.55 Å². The number of rotatable bonds is 16. The van der Waals surface area contributed by atoms with E-state index in [1.54, 1.807) is 6.07 Å². The number of fused-ring (bicyclic) bond motifs is 1. The molecule has 188 valence electrons. The summed E-state index contributed by atoms with van der Waals surface area (Å²) >= 11 is 0. The zero-order valence-electron chi connectivity index (χ0n) is 20.7. The predicted octanol–water partition coefficient (Wildman–Crippen LogP) is 7.78. The van der Waals surface area contributed by atoms with Gasteiger partial charge in [-0.25, -0.2) is 0 Å². The SMILES string of the molecule is CCCCCCCCCCCCCCC1Nc2c(cccc2S(=O)(=O)O)N1Cc1ccccc1. The molecule has 1 unspecified atom stereocenters. The Morgan fingerprint density at radius 3 is 1.97 bits per heavy atom. The summed E-state index contributed by atoms with van der Waals surface area (Å²) < 4.78 is 33.6. The number of benzene rings is 2. The van der Waals surface area contributed by atoms with Crippen LogP contribution in [0, 0.1) is 0 Å². The fraction of sp³-hybridized carbons (Fsp3) is 0.571. The molecular weight excluding hydrogens is 444 g/mol. The molecule has 1 atom stereocenters. The number of nitrogens with one attached hydrogen (secondary N) is 1. The molecule has 6 heteroatoms. The van der Waals surface area contributed by atoms with E-state index in [1.165, 1.54) is 82.3 Å². The molecule has 2 N–H and O–H groups in total. The molecule has 34 heavy (non-hydrogen) atoms. The van der Waals surface area contributed by atoms with E-state index >= 15 is 0 Å². The van der Waals surface area contributed by atoms with Gasteiger partial charge < -0.3 is 10.2 Å². The minimum atomic E-state index is -4.28. The number of nitrogens with zero attached hydrogens (tertiary/aromatic N) is 1. The van der Waals surface area contributed by atoms with E-state index in [0.717, 1.165) is 18.5 Å². The molecule has 0 aliphatic carbocycles. The summed E-state index contributed by atoms with van der Waals surface area (Å²) in [5, 5.41) is 3.41. The van der Waals surface area contributed by atoms with E-state index in [4.69, 9.17) is 0 Å². The zero-order valence-corrected chi connectivity index (χ0v) is 21.5. The second-order valence-electron chi connectivity index (χ2n) is 9.58. The monoisotopic (exact) mass is 486 g/mol. The fourth-order valence-electron chi connectivity index (χ4n) is 4.91. The molecule has 0 saturated carbocycles. The van der Waals surface area contributed by atoms with E-state index in [-0.39, 0.29) is 11.1 Å². The summed E-state index contributed by atoms with van der Waals surface area (Å²) in [6.07, 6.45) is 16.7. The van der Waals surface area contributed by atoms with Crippen molar-refractivity contribution >= 4 is 21.5 Å². The molecule has 5 nitrogen and oxygen atoms in total. The Labute approximate surface area is 206 Å². The topological polar surface area (TPSA) is 69.6 Å². The number of hydrogen-bond acceptors (Lipinski definition) is 4. The third-order valence-corrected chi connectivity index (χ3v) is 7.70. The van der Waals surface area contributed by atoms with Gasteiger partial charge in [-0.05, 0) is 30.5 Å². The minimum absolute atomic E-state index is 0.0150. The van der Waals surface area contributed by atoms with Gasteiger partial charge in [-0.1, -0.05) is 114 Å². The van der Waals surface area contributed by atoms with E-state index in [0.29, 0.717) is 12.2 Å². The fourth-order valence-corrected chi connectivity index (χ4v) is 5.59. The first-order chi connectivity index (χ1) is 16.5. The highest BCUT2D eigenvalue weighted by atomic mass is 32.2. The Balaban J connectivity index is 1.48. The molecule has 1 aliphatic rings. The number of hydrogen-bond donors (Lipinski definition) is 2. The summed E-state index contributed by atoms with van der Waals surface area (Å²) in [5.74, 6) is 0. The molecule has 2 aromatic rings. The summed E-state index contributed by atoms with van der Waals surface area (Å²) in [6, 6.07) is 15.3. The Morgan fingerprint density at radius 1 is 0.794 bits per heavy atom. The maximum atomic E-state index is 11.9. The largest absolute Gasteiger partial charge is 0.362 e. The van der Waals surface area contributed by atoms with Gasteiger partial charge >= 0.3 is 0 Å². The molecule has 1 heterocycles. The van der Waals surface area contributed by atoms with Crippen LogP contribution in [0.2, 0.25) is 0 Å². The molecule has 0 radical (unpaired) electrons. The quantitative estimate of drug-likeness (QED) is 0.187. The lowest BCUT2D eigenvalue weighted by Crippen LogP contribution is -2.35. The van der Waals surface area contributed by atoms with Crippen LogP contribution in [-0.4, -0.2) is 19.1 Å². The minimum Gasteiger partial charge on any atom is -0.362 e. The van der Waals surface area contributed by atoms with Crippen LogP contribution >= 0.6 is 0 Å². The van der Waals surface area contributed by atoms with Crippen LogP contribution in [0.1, 0.15) is 96.0 Å². The molecule has 3 rings (SSSR count). The van der Waals surface area contributed by atoms with E-state index in [2.05, 4.69) is 29.3 Å². The third-order valence-electron chi connectivity index (χ3n) is 6.81. The Morgan fingerprint density at radius 2 is 1.38 bits per heavy atom. The average molecular weight is 487 g/mol. The van der Waals surface area contributed by atoms with E-state index in [9.17, 15) is 13.0 Å². The molecule has 0 saturated heterocycles. The van der Waals surface area contributed by atoms with Gasteiger partial charge in [0.05, 0.1) is 17.5 Å². The third kappa shape index (κ3) is 8.02. The summed E-state index contributed by atoms with van der Waals surface area (Å²) in [5.41, 5.74) is 2.53. The second-order valence-corrected chi connectivity index (χ2v) is 11.0. The first kappa shape index (κ1) is 26.6. The number of para-hydroxylation sites is 1. The zero-order chi connectivity index (χ0) is 24.2. The highest BCUT2D eigenvalue weighted by molar-refractivity contribution is 7.86. The van der Waals surface area contributed by atoms with Gasteiger partial charge in [-0.2, -0.15) is 8.42 Å². The summed E-state index contributed by atoms with van der Waals surface area (Å²) in [7, 11) is -4.28. The molecule has 0 bridgehead atoms. The van der Waals surface area contributed by atoms with Gasteiger partial charge in [-0.15, -0.1) is 0 Å². The van der Waals surface area contributed by atoms with Crippen molar-refractivity contribution in [3.05, 3.63) is 54.1 Å². The van der Waals surface area contributed by atoms with Gasteiger partial charge in [0.15, 0.2) is 0 Å². The molecule has 2 aromatic carbocycles. The lowest BCUT2D eigenvalue weighted by Gasteiger charge is -2.27. The van der Waals surface area contributed by atoms with E-state index < -0.39 is 10.1 Å². The molecule has 0 fully saturated rings. The van der Waals surface area contributed by atoms with Crippen molar-refractivity contribution in [1.29, 1.82) is 0 Å². The Bertz CT molecular complexity index is 963. The lowest BCUT2D eigenvalue weighted by molar-refractivity contribution is 0.483. The summed E-state index contributed by atoms with van der Waals surface area (Å²) in [6.45, 7) is 2.96. The Hall–Kier alpha value is -2.05. The number of unbranched alkanes of at least 4 members (excludes halogenated alkanes) is 11. The normalized spacial score (nSPS) is 15.4. The van der Waals surface area contributed by atoms with Crippen LogP contribution in [0.4, 0.5) is 11.4 Å². The lowest BCUT2D eigenvalue weighted by atomic mass is 10.0. The Kier molecular flexibility index (Phi) is 10.7. The van der Waals surface area contributed by atoms with Gasteiger partial charge in [0.2, 0.25) is 0 Å². The van der Waals surface area contributed by atoms with Crippen molar-refractivity contribution in [2.45, 2.75) is 108 Å². The molecule has 0 amide bonds. The van der Waals surface area contributed by atoms with Gasteiger partial charge in [0, 0.05) is 6.54 Å². The van der Waals surface area contributed by atoms with Crippen LogP contribution < -0.4 is 10.2 Å². The highest BCUT2D eigenvalue weighted by Crippen LogP contribution is 2.41. The molecule has 0 spiro atoms. The average Bonchev–Trinajstić information content (AvgIpc) is 3.17. The molecule has 0 aromatic heterocycles. The maximum Gasteiger partial charge on any atom is 0.296 e. The second kappa shape index (κ2) is 13.7. The van der Waals surface area contributed by atoms with Crippen molar-refractivity contribution in [2.75, 3.05) is 10.2 Å². The van der Waals surface area contributed by atoms with Crippen molar-refractivity contribution in [2.24, 2.45) is 0 Å². The first-order valence-corrected chi connectivity index (χ1v) is 14.6. The first-order valence-electron chi connectivity index (χ1n) is 13.2. The standard InChI is InChI=1S/C28H42N2O3S/c1-2-3-4-5-6-7-8-9-10-11-12-16-22-27-29-28-25(20-17-21-26(28)34(31,32)33)30(27)23-24-18-14-13-15-19-24/h13-15,17-21,27,29H,2-12,16,22-23H2,1H3,(H,31,32,33). The predicted molar refractivity (Wildman–Crippen MR) is 142 cm³/mol. The van der Waals surface area contributed by atoms with Crippen LogP contribution in [0.15, 0.2) is 53.4 Å². The van der Waals surface area contributed by atoms with Crippen LogP contribution in [0.5, 0.6) is 0 Å². The van der Waals surface area contributed by atoms with Crippen molar-refractivity contribution in [3.8, 4) is 0 Å². The summed E-state index contributed by atoms with van der Waals surface area (Å²) in [4.78, 5) is 2.19. The van der Waals surface area contributed by atoms with Crippen molar-refractivity contribution in [1.82, 2.24) is 0 Å². The van der Waals surface area contributed by atoms with Crippen LogP contribution in [0.25, 0.3) is 0 Å². The van der Waals surface area contributed by atoms with Crippen LogP contribution in [-0.2, 0) is 16.7 Å². The molecule has 1 aliphatic heterocycles. The van der Waals surface area contributed by atoms with Gasteiger partial charge in [0.25, 0.3) is 10.1 Å². The van der Waals surface area contributed by atoms with Gasteiger partial charge in [0.1, 0.15) is 4.90 Å². The number of anilines is 2. The van der Waals surface area contributed by atoms with Crippen molar-refractivity contribution < 1.29 is 13.0 Å². The highest BCUT2D eigenvalue weighted by Gasteiger charge is 2.32. The smallest absolute Gasteiger partial charge is 0.296 e. The van der Waals surface area contributed by atoms with Crippen molar-refractivity contribution in [3.63, 3.8) is 0 Å². The maximum absolute atomic E-state index is 11.9. The van der Waals surface area contributed by atoms with Crippen LogP contribution in [0.3, 0.4) is 0 Å². The van der Waals surface area contributed by atoms with E-state index in [1.807, 2.05) is 24.3 Å².